The molecule has 0 bridgehead atoms. The Bertz CT molecular complexity index is 321. The van der Waals surface area contributed by atoms with Crippen LogP contribution in [0.15, 0.2) is 22.9 Å². The third-order valence-electron chi connectivity index (χ3n) is 3.26. The van der Waals surface area contributed by atoms with Gasteiger partial charge in [0.1, 0.15) is 4.60 Å². The van der Waals surface area contributed by atoms with Crippen LogP contribution in [-0.4, -0.2) is 23.0 Å². The molecular formula is C13H19BrN2. The zero-order valence-corrected chi connectivity index (χ0v) is 11.4. The first kappa shape index (κ1) is 12.1. The minimum atomic E-state index is 0.592. The molecule has 2 rings (SSSR count). The van der Waals surface area contributed by atoms with Crippen LogP contribution in [0.5, 0.6) is 0 Å². The zero-order chi connectivity index (χ0) is 11.4. The fourth-order valence-corrected chi connectivity index (χ4v) is 2.74. The van der Waals surface area contributed by atoms with E-state index in [1.807, 2.05) is 12.3 Å². The number of hydrogen-bond donors (Lipinski definition) is 0. The molecule has 0 N–H and O–H groups in total. The van der Waals surface area contributed by atoms with Crippen molar-refractivity contribution in [3.63, 3.8) is 0 Å². The molecule has 16 heavy (non-hydrogen) atoms. The molecule has 0 unspecified atom stereocenters. The Morgan fingerprint density at radius 3 is 3.00 bits per heavy atom. The van der Waals surface area contributed by atoms with E-state index in [1.54, 1.807) is 0 Å². The van der Waals surface area contributed by atoms with Gasteiger partial charge in [-0.15, -0.1) is 0 Å². The maximum atomic E-state index is 4.34. The van der Waals surface area contributed by atoms with Gasteiger partial charge in [-0.25, -0.2) is 4.98 Å². The van der Waals surface area contributed by atoms with E-state index in [-0.39, 0.29) is 0 Å². The molecule has 1 aromatic rings. The highest BCUT2D eigenvalue weighted by Gasteiger charge is 2.23. The fraction of sp³-hybridized carbons (Fsp3) is 0.615. The van der Waals surface area contributed by atoms with Crippen LogP contribution in [0.25, 0.3) is 0 Å². The Morgan fingerprint density at radius 2 is 2.31 bits per heavy atom. The van der Waals surface area contributed by atoms with Gasteiger partial charge < -0.3 is 0 Å². The first-order valence-electron chi connectivity index (χ1n) is 6.16. The molecule has 1 aromatic heterocycles. The van der Waals surface area contributed by atoms with Crippen molar-refractivity contribution in [3.8, 4) is 0 Å². The first-order chi connectivity index (χ1) is 7.81. The van der Waals surface area contributed by atoms with Crippen molar-refractivity contribution in [1.29, 1.82) is 0 Å². The molecule has 1 fully saturated rings. The number of hydrogen-bond acceptors (Lipinski definition) is 2. The molecule has 1 saturated heterocycles. The van der Waals surface area contributed by atoms with Gasteiger partial charge in [-0.3, -0.25) is 4.90 Å². The maximum absolute atomic E-state index is 4.34. The van der Waals surface area contributed by atoms with Gasteiger partial charge in [-0.2, -0.15) is 0 Å². The fourth-order valence-electron chi connectivity index (χ4n) is 2.51. The van der Waals surface area contributed by atoms with Crippen LogP contribution in [0.2, 0.25) is 0 Å². The van der Waals surface area contributed by atoms with E-state index in [4.69, 9.17) is 0 Å². The predicted octanol–water partition coefficient (Wildman–Crippen LogP) is 3.78. The summed E-state index contributed by atoms with van der Waals surface area (Å²) in [6.07, 6.45) is 7.23. The van der Waals surface area contributed by atoms with Gasteiger partial charge in [-0.1, -0.05) is 19.4 Å². The van der Waals surface area contributed by atoms with E-state index in [1.165, 1.54) is 44.3 Å². The molecule has 0 aromatic carbocycles. The summed E-state index contributed by atoms with van der Waals surface area (Å²) >= 11 is 3.39. The zero-order valence-electron chi connectivity index (χ0n) is 9.82. The lowest BCUT2D eigenvalue weighted by molar-refractivity contribution is 0.149. The molecule has 0 saturated carbocycles. The molecule has 2 heterocycles. The largest absolute Gasteiger partial charge is 0.296 e. The quantitative estimate of drug-likeness (QED) is 0.785. The number of likely N-dealkylation sites (tertiary alicyclic amines) is 1. The Kier molecular flexibility index (Phi) is 4.36. The Balaban J connectivity index is 2.13. The molecule has 0 spiro atoms. The third-order valence-corrected chi connectivity index (χ3v) is 3.73. The number of halogens is 1. The lowest BCUT2D eigenvalue weighted by Gasteiger charge is -2.35. The average molecular weight is 283 g/mol. The highest BCUT2D eigenvalue weighted by molar-refractivity contribution is 9.10. The topological polar surface area (TPSA) is 16.1 Å². The number of rotatable bonds is 3. The van der Waals surface area contributed by atoms with E-state index in [2.05, 4.69) is 38.8 Å². The van der Waals surface area contributed by atoms with Gasteiger partial charge in [0.15, 0.2) is 0 Å². The van der Waals surface area contributed by atoms with Crippen molar-refractivity contribution in [1.82, 2.24) is 9.88 Å². The molecule has 0 aliphatic carbocycles. The van der Waals surface area contributed by atoms with Gasteiger partial charge in [0.25, 0.3) is 0 Å². The minimum absolute atomic E-state index is 0.592. The Hall–Kier alpha value is -0.410. The van der Waals surface area contributed by atoms with Crippen LogP contribution in [0, 0.1) is 0 Å². The smallest absolute Gasteiger partial charge is 0.106 e. The standard InChI is InChI=1S/C13H19BrN2/c1-2-8-16-9-4-3-5-12(16)11-6-7-13(14)15-10-11/h6-7,10,12H,2-5,8-9H2,1H3/t12-/m0/s1. The second kappa shape index (κ2) is 5.78. The van der Waals surface area contributed by atoms with E-state index in [9.17, 15) is 0 Å². The second-order valence-corrected chi connectivity index (χ2v) is 5.27. The number of pyridine rings is 1. The van der Waals surface area contributed by atoms with Crippen molar-refractivity contribution in [2.45, 2.75) is 38.6 Å². The molecule has 3 heteroatoms. The van der Waals surface area contributed by atoms with Crippen molar-refractivity contribution >= 4 is 15.9 Å². The lowest BCUT2D eigenvalue weighted by atomic mass is 9.96. The third kappa shape index (κ3) is 2.83. The minimum Gasteiger partial charge on any atom is -0.296 e. The van der Waals surface area contributed by atoms with Crippen LogP contribution in [0.3, 0.4) is 0 Å². The normalized spacial score (nSPS) is 22.2. The summed E-state index contributed by atoms with van der Waals surface area (Å²) in [5.41, 5.74) is 1.37. The highest BCUT2D eigenvalue weighted by atomic mass is 79.9. The highest BCUT2D eigenvalue weighted by Crippen LogP contribution is 2.30. The van der Waals surface area contributed by atoms with Gasteiger partial charge in [-0.05, 0) is 59.9 Å². The van der Waals surface area contributed by atoms with Gasteiger partial charge in [0.2, 0.25) is 0 Å². The van der Waals surface area contributed by atoms with E-state index >= 15 is 0 Å². The van der Waals surface area contributed by atoms with Crippen molar-refractivity contribution < 1.29 is 0 Å². The number of nitrogens with zero attached hydrogens (tertiary/aromatic N) is 2. The summed E-state index contributed by atoms with van der Waals surface area (Å²) in [5.74, 6) is 0. The summed E-state index contributed by atoms with van der Waals surface area (Å²) in [6, 6.07) is 4.85. The lowest BCUT2D eigenvalue weighted by Crippen LogP contribution is -2.34. The van der Waals surface area contributed by atoms with Gasteiger partial charge in [0, 0.05) is 12.2 Å². The Labute approximate surface area is 106 Å². The van der Waals surface area contributed by atoms with Crippen molar-refractivity contribution in [2.75, 3.05) is 13.1 Å². The molecule has 0 amide bonds. The molecule has 0 radical (unpaired) electrons. The van der Waals surface area contributed by atoms with Gasteiger partial charge in [0.05, 0.1) is 0 Å². The summed E-state index contributed by atoms with van der Waals surface area (Å²) in [5, 5.41) is 0. The van der Waals surface area contributed by atoms with E-state index in [0.717, 1.165) is 4.60 Å². The molecule has 1 aliphatic heterocycles. The van der Waals surface area contributed by atoms with Crippen molar-refractivity contribution in [2.24, 2.45) is 0 Å². The van der Waals surface area contributed by atoms with Crippen LogP contribution in [0.4, 0.5) is 0 Å². The summed E-state index contributed by atoms with van der Waals surface area (Å²) < 4.78 is 0.925. The SMILES string of the molecule is CCCN1CCCC[C@H]1c1ccc(Br)nc1. The second-order valence-electron chi connectivity index (χ2n) is 4.46. The Morgan fingerprint density at radius 1 is 1.44 bits per heavy atom. The monoisotopic (exact) mass is 282 g/mol. The molecule has 2 nitrogen and oxygen atoms in total. The van der Waals surface area contributed by atoms with Crippen LogP contribution < -0.4 is 0 Å². The van der Waals surface area contributed by atoms with Crippen LogP contribution in [-0.2, 0) is 0 Å². The van der Waals surface area contributed by atoms with E-state index in [0.29, 0.717) is 6.04 Å². The summed E-state index contributed by atoms with van der Waals surface area (Å²) in [6.45, 7) is 4.71. The summed E-state index contributed by atoms with van der Waals surface area (Å²) in [7, 11) is 0. The molecule has 88 valence electrons. The number of aromatic nitrogens is 1. The van der Waals surface area contributed by atoms with E-state index < -0.39 is 0 Å². The summed E-state index contributed by atoms with van der Waals surface area (Å²) in [4.78, 5) is 6.94. The van der Waals surface area contributed by atoms with Crippen molar-refractivity contribution in [3.05, 3.63) is 28.5 Å². The number of piperidine rings is 1. The van der Waals surface area contributed by atoms with Crippen LogP contribution >= 0.6 is 15.9 Å². The predicted molar refractivity (Wildman–Crippen MR) is 70.4 cm³/mol. The first-order valence-corrected chi connectivity index (χ1v) is 6.96. The van der Waals surface area contributed by atoms with Gasteiger partial charge >= 0.3 is 0 Å². The van der Waals surface area contributed by atoms with Crippen LogP contribution in [0.1, 0.15) is 44.2 Å². The average Bonchev–Trinajstić information content (AvgIpc) is 2.32. The molecular weight excluding hydrogens is 264 g/mol. The molecule has 1 atom stereocenters. The molecule has 1 aliphatic rings. The maximum Gasteiger partial charge on any atom is 0.106 e.